The summed E-state index contributed by atoms with van der Waals surface area (Å²) in [5, 5.41) is 4.20. The Hall–Kier alpha value is -2.67. The van der Waals surface area contributed by atoms with Crippen LogP contribution in [-0.2, 0) is 4.79 Å². The molecule has 6 nitrogen and oxygen atoms in total. The molecule has 1 unspecified atom stereocenters. The van der Waals surface area contributed by atoms with E-state index in [9.17, 15) is 4.79 Å². The average molecular weight is 470 g/mol. The molecule has 0 saturated heterocycles. The highest BCUT2D eigenvalue weighted by molar-refractivity contribution is 8.00. The second kappa shape index (κ2) is 11.0. The minimum Gasteiger partial charge on any atom is -0.497 e. The maximum Gasteiger partial charge on any atom is 0.250 e. The van der Waals surface area contributed by atoms with E-state index >= 15 is 0 Å². The number of carbonyl (C=O) groups is 1. The molecule has 0 aromatic heterocycles. The van der Waals surface area contributed by atoms with Crippen LogP contribution in [0.4, 0.5) is 5.69 Å². The summed E-state index contributed by atoms with van der Waals surface area (Å²) in [4.78, 5) is 15.7. The van der Waals surface area contributed by atoms with Gasteiger partial charge in [0, 0.05) is 34.3 Å². The third kappa shape index (κ3) is 6.02. The van der Waals surface area contributed by atoms with Gasteiger partial charge in [0.25, 0.3) is 0 Å². The van der Waals surface area contributed by atoms with Gasteiger partial charge in [0.1, 0.15) is 11.5 Å². The molecule has 0 radical (unpaired) electrons. The van der Waals surface area contributed by atoms with Gasteiger partial charge in [-0.3, -0.25) is 4.79 Å². The zero-order valence-electron chi connectivity index (χ0n) is 20.5. The third-order valence-electron chi connectivity index (χ3n) is 6.01. The predicted octanol–water partition coefficient (Wildman–Crippen LogP) is 5.45. The Labute approximate surface area is 201 Å². The Morgan fingerprint density at radius 2 is 1.97 bits per heavy atom. The van der Waals surface area contributed by atoms with Gasteiger partial charge in [0.05, 0.1) is 26.2 Å². The summed E-state index contributed by atoms with van der Waals surface area (Å²) >= 11 is 1.45. The first-order valence-electron chi connectivity index (χ1n) is 11.4. The van der Waals surface area contributed by atoms with Gasteiger partial charge < -0.3 is 14.4 Å². The molecule has 0 aliphatic carbocycles. The topological polar surface area (TPSA) is 63.2 Å². The van der Waals surface area contributed by atoms with E-state index in [1.54, 1.807) is 20.4 Å². The smallest absolute Gasteiger partial charge is 0.250 e. The zero-order chi connectivity index (χ0) is 24.0. The number of hydrogen-bond donors (Lipinski definition) is 1. The van der Waals surface area contributed by atoms with Gasteiger partial charge in [-0.05, 0) is 68.5 Å². The summed E-state index contributed by atoms with van der Waals surface area (Å²) in [6.45, 7) is 10.1. The maximum absolute atomic E-state index is 12.2. The van der Waals surface area contributed by atoms with Crippen molar-refractivity contribution in [1.29, 1.82) is 0 Å². The Morgan fingerprint density at radius 3 is 2.61 bits per heavy atom. The van der Waals surface area contributed by atoms with Gasteiger partial charge in [-0.25, -0.2) is 5.43 Å². The number of rotatable bonds is 9. The fourth-order valence-corrected chi connectivity index (χ4v) is 5.17. The second-order valence-corrected chi connectivity index (χ2v) is 10.0. The van der Waals surface area contributed by atoms with Gasteiger partial charge in [-0.2, -0.15) is 5.10 Å². The summed E-state index contributed by atoms with van der Waals surface area (Å²) in [5.74, 6) is 2.10. The molecule has 1 atom stereocenters. The van der Waals surface area contributed by atoms with E-state index in [4.69, 9.17) is 9.47 Å². The number of methoxy groups -OCH3 is 2. The normalized spacial score (nSPS) is 17.0. The largest absolute Gasteiger partial charge is 0.497 e. The molecule has 0 spiro atoms. The molecule has 1 aliphatic rings. The van der Waals surface area contributed by atoms with Crippen LogP contribution in [0.1, 0.15) is 57.6 Å². The molecule has 7 heteroatoms. The lowest BCUT2D eigenvalue weighted by molar-refractivity contribution is -0.118. The summed E-state index contributed by atoms with van der Waals surface area (Å²) in [7, 11) is 3.30. The molecular formula is C26H35N3O3S. The molecule has 33 heavy (non-hydrogen) atoms. The van der Waals surface area contributed by atoms with E-state index in [0.717, 1.165) is 41.3 Å². The fourth-order valence-electron chi connectivity index (χ4n) is 4.48. The van der Waals surface area contributed by atoms with Crippen molar-refractivity contribution in [2.45, 2.75) is 56.9 Å². The van der Waals surface area contributed by atoms with Crippen LogP contribution in [0.25, 0.3) is 0 Å². The van der Waals surface area contributed by atoms with Crippen molar-refractivity contribution in [3.8, 4) is 11.5 Å². The fraction of sp³-hybridized carbons (Fsp3) is 0.462. The number of carbonyl (C=O) groups excluding carboxylic acids is 1. The summed E-state index contributed by atoms with van der Waals surface area (Å²) in [6.07, 6.45) is 3.84. The molecule has 178 valence electrons. The number of hydrogen-bond acceptors (Lipinski definition) is 6. The zero-order valence-corrected chi connectivity index (χ0v) is 21.3. The summed E-state index contributed by atoms with van der Waals surface area (Å²) in [6, 6.07) is 11.9. The number of nitrogens with zero attached hydrogens (tertiary/aromatic N) is 2. The van der Waals surface area contributed by atoms with Crippen LogP contribution < -0.4 is 19.8 Å². The number of anilines is 1. The molecule has 2 aromatic carbocycles. The number of hydrazone groups is 1. The second-order valence-electron chi connectivity index (χ2n) is 8.98. The minimum absolute atomic E-state index is 0.0958. The van der Waals surface area contributed by atoms with Gasteiger partial charge in [0.2, 0.25) is 5.91 Å². The molecule has 1 heterocycles. The third-order valence-corrected chi connectivity index (χ3v) is 7.02. The maximum atomic E-state index is 12.2. The van der Waals surface area contributed by atoms with Gasteiger partial charge in [0.15, 0.2) is 0 Å². The first-order chi connectivity index (χ1) is 15.8. The molecule has 1 aliphatic heterocycles. The van der Waals surface area contributed by atoms with Crippen molar-refractivity contribution in [2.24, 2.45) is 5.10 Å². The van der Waals surface area contributed by atoms with Crippen molar-refractivity contribution >= 4 is 29.6 Å². The quantitative estimate of drug-likeness (QED) is 0.301. The highest BCUT2D eigenvalue weighted by atomic mass is 32.2. The van der Waals surface area contributed by atoms with Crippen molar-refractivity contribution < 1.29 is 14.3 Å². The van der Waals surface area contributed by atoms with Crippen LogP contribution in [-0.4, -0.2) is 44.2 Å². The standard InChI is InChI=1S/C26H35N3O3S/c1-7-12-29-23-14-24(32-6)19(13-22(23)18(2)15-26(29,3)4)16-27-28-25(30)17-33-21-10-8-20(31-5)9-11-21/h8-11,13-14,16,18H,7,12,15,17H2,1-6H3,(H,28,30)/b27-16+. The highest BCUT2D eigenvalue weighted by Crippen LogP contribution is 2.45. The monoisotopic (exact) mass is 469 g/mol. The summed E-state index contributed by atoms with van der Waals surface area (Å²) < 4.78 is 10.8. The predicted molar refractivity (Wildman–Crippen MR) is 137 cm³/mol. The SMILES string of the molecule is CCCN1c2cc(OC)c(/C=N/NC(=O)CSc3ccc(OC)cc3)cc2C(C)CC1(C)C. The molecule has 1 N–H and O–H groups in total. The molecular weight excluding hydrogens is 434 g/mol. The van der Waals surface area contributed by atoms with Crippen LogP contribution in [0.3, 0.4) is 0 Å². The summed E-state index contributed by atoms with van der Waals surface area (Å²) in [5.41, 5.74) is 6.12. The van der Waals surface area contributed by atoms with E-state index in [1.165, 1.54) is 23.0 Å². The first kappa shape index (κ1) is 25.0. The lowest BCUT2D eigenvalue weighted by atomic mass is 9.79. The van der Waals surface area contributed by atoms with Crippen molar-refractivity contribution in [3.05, 3.63) is 47.5 Å². The van der Waals surface area contributed by atoms with Gasteiger partial charge >= 0.3 is 0 Å². The average Bonchev–Trinajstić information content (AvgIpc) is 2.80. The van der Waals surface area contributed by atoms with Gasteiger partial charge in [-0.1, -0.05) is 13.8 Å². The van der Waals surface area contributed by atoms with E-state index in [0.29, 0.717) is 5.92 Å². The van der Waals surface area contributed by atoms with Crippen LogP contribution in [0.15, 0.2) is 46.4 Å². The molecule has 1 amide bonds. The van der Waals surface area contributed by atoms with Crippen LogP contribution >= 0.6 is 11.8 Å². The van der Waals surface area contributed by atoms with Crippen molar-refractivity contribution in [3.63, 3.8) is 0 Å². The number of ether oxygens (including phenoxy) is 2. The highest BCUT2D eigenvalue weighted by Gasteiger charge is 2.36. The van der Waals surface area contributed by atoms with Crippen LogP contribution in [0.5, 0.6) is 11.5 Å². The minimum atomic E-state index is -0.159. The molecule has 0 saturated carbocycles. The van der Waals surface area contributed by atoms with E-state index < -0.39 is 0 Å². The van der Waals surface area contributed by atoms with E-state index in [-0.39, 0.29) is 17.2 Å². The van der Waals surface area contributed by atoms with Crippen molar-refractivity contribution in [1.82, 2.24) is 5.43 Å². The number of amides is 1. The Morgan fingerprint density at radius 1 is 1.24 bits per heavy atom. The van der Waals surface area contributed by atoms with Crippen LogP contribution in [0, 0.1) is 0 Å². The Balaban J connectivity index is 1.70. The van der Waals surface area contributed by atoms with E-state index in [2.05, 4.69) is 55.3 Å². The molecule has 0 fully saturated rings. The number of thioether (sulfide) groups is 1. The lowest BCUT2D eigenvalue weighted by Gasteiger charge is -2.47. The first-order valence-corrected chi connectivity index (χ1v) is 12.4. The Kier molecular flexibility index (Phi) is 8.30. The molecule has 3 rings (SSSR count). The van der Waals surface area contributed by atoms with Crippen LogP contribution in [0.2, 0.25) is 0 Å². The number of benzene rings is 2. The number of fused-ring (bicyclic) bond motifs is 1. The number of nitrogens with one attached hydrogen (secondary N) is 1. The molecule has 2 aromatic rings. The Bertz CT molecular complexity index is 989. The molecule has 0 bridgehead atoms. The van der Waals surface area contributed by atoms with Gasteiger partial charge in [-0.15, -0.1) is 11.8 Å². The van der Waals surface area contributed by atoms with E-state index in [1.807, 2.05) is 24.3 Å². The van der Waals surface area contributed by atoms with Crippen molar-refractivity contribution in [2.75, 3.05) is 31.4 Å². The lowest BCUT2D eigenvalue weighted by Crippen LogP contribution is -2.48.